The molecule has 1 aromatic heterocycles. The number of halogens is 3. The maximum absolute atomic E-state index is 12.9. The molecule has 1 unspecified atom stereocenters. The van der Waals surface area contributed by atoms with Gasteiger partial charge in [0.1, 0.15) is 10.5 Å². The minimum atomic E-state index is -4.39. The Labute approximate surface area is 207 Å². The average Bonchev–Trinajstić information content (AvgIpc) is 3.18. The molecule has 4 rings (SSSR count). The van der Waals surface area contributed by atoms with Crippen molar-refractivity contribution >= 4 is 11.4 Å². The highest BCUT2D eigenvalue weighted by atomic mass is 32.2. The van der Waals surface area contributed by atoms with Crippen LogP contribution in [0, 0.1) is 0 Å². The molecule has 2 aromatic carbocycles. The molecule has 1 aliphatic rings. The molecule has 35 heavy (non-hydrogen) atoms. The summed E-state index contributed by atoms with van der Waals surface area (Å²) in [6, 6.07) is 14.4. The quantitative estimate of drug-likeness (QED) is 0.358. The van der Waals surface area contributed by atoms with Crippen molar-refractivity contribution in [2.24, 2.45) is 0 Å². The van der Waals surface area contributed by atoms with Crippen LogP contribution in [0.15, 0.2) is 54.6 Å². The molecule has 1 heterocycles. The number of hydrogen-bond donors (Lipinski definition) is 1. The van der Waals surface area contributed by atoms with E-state index in [-0.39, 0.29) is 10.3 Å². The molecular formula is C26H30F3N3O2S. The normalized spacial score (nSPS) is 16.6. The van der Waals surface area contributed by atoms with Crippen LogP contribution in [0.2, 0.25) is 0 Å². The summed E-state index contributed by atoms with van der Waals surface area (Å²) in [5.41, 5.74) is 1.59. The maximum atomic E-state index is 12.9. The second-order valence-electron chi connectivity index (χ2n) is 9.81. The second-order valence-corrected chi connectivity index (χ2v) is 11.8. The van der Waals surface area contributed by atoms with Crippen LogP contribution in [0.3, 0.4) is 0 Å². The minimum Gasteiger partial charge on any atom is -0.598 e. The van der Waals surface area contributed by atoms with E-state index < -0.39 is 23.1 Å². The molecule has 188 valence electrons. The van der Waals surface area contributed by atoms with Crippen molar-refractivity contribution in [1.29, 1.82) is 0 Å². The van der Waals surface area contributed by atoms with E-state index in [1.807, 2.05) is 45.9 Å². The van der Waals surface area contributed by atoms with Gasteiger partial charge in [0.15, 0.2) is 0 Å². The van der Waals surface area contributed by atoms with Gasteiger partial charge in [-0.1, -0.05) is 18.2 Å². The molecule has 0 aliphatic heterocycles. The number of nitrogens with zero attached hydrogens (tertiary/aromatic N) is 2. The fraction of sp³-hybridized carbons (Fsp3) is 0.423. The van der Waals surface area contributed by atoms with E-state index in [2.05, 4.69) is 15.9 Å². The third-order valence-corrected chi connectivity index (χ3v) is 7.90. The highest BCUT2D eigenvalue weighted by molar-refractivity contribution is 7.90. The number of alkyl halides is 3. The number of rotatable bonds is 7. The summed E-state index contributed by atoms with van der Waals surface area (Å²) in [6.45, 7) is 8.31. The van der Waals surface area contributed by atoms with E-state index >= 15 is 0 Å². The fourth-order valence-electron chi connectivity index (χ4n) is 3.97. The average molecular weight is 506 g/mol. The lowest BCUT2D eigenvalue weighted by Gasteiger charge is -2.44. The summed E-state index contributed by atoms with van der Waals surface area (Å²) in [4.78, 5) is 0. The molecular weight excluding hydrogens is 475 g/mol. The predicted octanol–water partition coefficient (Wildman–Crippen LogP) is 6.81. The van der Waals surface area contributed by atoms with Crippen molar-refractivity contribution in [2.45, 2.75) is 70.0 Å². The van der Waals surface area contributed by atoms with Crippen LogP contribution in [0.4, 0.5) is 13.2 Å². The van der Waals surface area contributed by atoms with Crippen LogP contribution in [0.1, 0.15) is 58.1 Å². The zero-order chi connectivity index (χ0) is 25.4. The van der Waals surface area contributed by atoms with Crippen LogP contribution in [0.5, 0.6) is 11.6 Å². The summed E-state index contributed by atoms with van der Waals surface area (Å²) < 4.78 is 62.0. The largest absolute Gasteiger partial charge is 0.598 e. The van der Waals surface area contributed by atoms with E-state index in [0.717, 1.165) is 42.5 Å². The zero-order valence-electron chi connectivity index (χ0n) is 20.3. The van der Waals surface area contributed by atoms with Gasteiger partial charge in [-0.2, -0.15) is 18.3 Å². The predicted molar refractivity (Wildman–Crippen MR) is 131 cm³/mol. The van der Waals surface area contributed by atoms with Gasteiger partial charge in [-0.15, -0.1) is 4.72 Å². The number of aryl methyl sites for hydroxylation is 1. The Balaban J connectivity index is 1.59. The van der Waals surface area contributed by atoms with Gasteiger partial charge in [0.25, 0.3) is 0 Å². The van der Waals surface area contributed by atoms with E-state index in [1.54, 1.807) is 10.7 Å². The first-order valence-electron chi connectivity index (χ1n) is 11.6. The molecule has 5 nitrogen and oxygen atoms in total. The highest BCUT2D eigenvalue weighted by Crippen LogP contribution is 2.44. The third kappa shape index (κ3) is 5.52. The first-order chi connectivity index (χ1) is 16.4. The van der Waals surface area contributed by atoms with E-state index in [1.165, 1.54) is 12.1 Å². The Bertz CT molecular complexity index is 1170. The van der Waals surface area contributed by atoms with Gasteiger partial charge in [-0.05, 0) is 82.9 Å². The summed E-state index contributed by atoms with van der Waals surface area (Å²) in [7, 11) is 0. The van der Waals surface area contributed by atoms with Gasteiger partial charge in [0.05, 0.1) is 16.8 Å². The number of nitrogens with one attached hydrogen (secondary N) is 1. The molecule has 0 spiro atoms. The number of benzene rings is 2. The molecule has 0 bridgehead atoms. The monoisotopic (exact) mass is 505 g/mol. The van der Waals surface area contributed by atoms with Gasteiger partial charge in [-0.3, -0.25) is 0 Å². The summed E-state index contributed by atoms with van der Waals surface area (Å²) in [6.07, 6.45) is -1.52. The summed E-state index contributed by atoms with van der Waals surface area (Å²) in [5, 5.41) is 4.65. The van der Waals surface area contributed by atoms with E-state index in [0.29, 0.717) is 23.9 Å². The highest BCUT2D eigenvalue weighted by Gasteiger charge is 2.45. The minimum absolute atomic E-state index is 0.301. The van der Waals surface area contributed by atoms with Crippen molar-refractivity contribution in [3.63, 3.8) is 0 Å². The Morgan fingerprint density at radius 1 is 1.09 bits per heavy atom. The lowest BCUT2D eigenvalue weighted by atomic mass is 9.72. The standard InChI is InChI=1S/C26H30F3N3O2S/c1-5-32-23(34-21-12-10-19(11-13-21)26(27,28)29)17-22(30-32)18-8-6-9-20(16-18)25(14-7-15-25)31-35(33)24(2,3)4/h6,8-13,16-17,31H,5,7,14-15H2,1-4H3. The van der Waals surface area contributed by atoms with Crippen molar-refractivity contribution in [3.8, 4) is 22.9 Å². The summed E-state index contributed by atoms with van der Waals surface area (Å²) in [5.74, 6) is 0.744. The Hall–Kier alpha value is -2.49. The van der Waals surface area contributed by atoms with Gasteiger partial charge in [-0.25, -0.2) is 4.68 Å². The second kappa shape index (κ2) is 9.52. The zero-order valence-corrected chi connectivity index (χ0v) is 21.1. The molecule has 0 saturated heterocycles. The molecule has 1 fully saturated rings. The molecule has 1 saturated carbocycles. The molecule has 9 heteroatoms. The third-order valence-electron chi connectivity index (χ3n) is 6.21. The molecule has 0 radical (unpaired) electrons. The molecule has 0 amide bonds. The van der Waals surface area contributed by atoms with Gasteiger partial charge in [0, 0.05) is 29.5 Å². The lowest BCUT2D eigenvalue weighted by molar-refractivity contribution is -0.137. The summed E-state index contributed by atoms with van der Waals surface area (Å²) >= 11 is -1.20. The van der Waals surface area contributed by atoms with Crippen molar-refractivity contribution in [3.05, 3.63) is 65.7 Å². The van der Waals surface area contributed by atoms with Gasteiger partial charge in [0.2, 0.25) is 5.88 Å². The number of hydrogen-bond acceptors (Lipinski definition) is 4. The Kier molecular flexibility index (Phi) is 6.96. The topological polar surface area (TPSA) is 62.1 Å². The fourth-order valence-corrected chi connectivity index (χ4v) is 4.95. The Morgan fingerprint density at radius 3 is 2.31 bits per heavy atom. The lowest BCUT2D eigenvalue weighted by Crippen LogP contribution is -2.54. The number of aromatic nitrogens is 2. The van der Waals surface area contributed by atoms with Crippen LogP contribution in [-0.2, 0) is 29.6 Å². The Morgan fingerprint density at radius 2 is 1.77 bits per heavy atom. The number of ether oxygens (including phenoxy) is 1. The van der Waals surface area contributed by atoms with Crippen LogP contribution < -0.4 is 9.46 Å². The first-order valence-corrected chi connectivity index (χ1v) is 12.8. The molecule has 3 aromatic rings. The van der Waals surface area contributed by atoms with E-state index in [4.69, 9.17) is 4.74 Å². The van der Waals surface area contributed by atoms with Crippen molar-refractivity contribution in [1.82, 2.24) is 14.5 Å². The van der Waals surface area contributed by atoms with Crippen LogP contribution >= 0.6 is 0 Å². The van der Waals surface area contributed by atoms with Gasteiger partial charge < -0.3 is 9.29 Å². The van der Waals surface area contributed by atoms with Crippen molar-refractivity contribution in [2.75, 3.05) is 0 Å². The van der Waals surface area contributed by atoms with Crippen LogP contribution in [-0.4, -0.2) is 19.1 Å². The van der Waals surface area contributed by atoms with Crippen LogP contribution in [0.25, 0.3) is 11.3 Å². The molecule has 1 atom stereocenters. The van der Waals surface area contributed by atoms with Gasteiger partial charge >= 0.3 is 6.18 Å². The smallest absolute Gasteiger partial charge is 0.416 e. The van der Waals surface area contributed by atoms with E-state index in [9.17, 15) is 17.7 Å². The molecule has 1 N–H and O–H groups in total. The van der Waals surface area contributed by atoms with Crippen molar-refractivity contribution < 1.29 is 22.5 Å². The SMILES string of the molecule is CCn1nc(-c2cccc(C3(N[S+]([O-])C(C)(C)C)CCC3)c2)cc1Oc1ccc(C(F)(F)F)cc1. The maximum Gasteiger partial charge on any atom is 0.416 e. The molecule has 1 aliphatic carbocycles. The first kappa shape index (κ1) is 25.6.